The van der Waals surface area contributed by atoms with E-state index in [4.69, 9.17) is 0 Å². The fraction of sp³-hybridized carbons (Fsp3) is 0.438. The van der Waals surface area contributed by atoms with E-state index in [-0.39, 0.29) is 0 Å². The minimum absolute atomic E-state index is 0.397. The lowest BCUT2D eigenvalue weighted by Crippen LogP contribution is -2.13. The Morgan fingerprint density at radius 3 is 2.45 bits per heavy atom. The molecule has 4 nitrogen and oxygen atoms in total. The lowest BCUT2D eigenvalue weighted by atomic mass is 10.1. The molecular weight excluding hydrogens is 250 g/mol. The summed E-state index contributed by atoms with van der Waals surface area (Å²) >= 11 is 0. The molecule has 0 saturated carbocycles. The van der Waals surface area contributed by atoms with Crippen molar-refractivity contribution in [2.45, 2.75) is 40.3 Å². The molecule has 0 atom stereocenters. The Morgan fingerprint density at radius 1 is 1.20 bits per heavy atom. The standard InChI is InChI=1S/C16H23N3O/c1-5-15-14(10-19(4)18-15)9-17-8-13-6-11(2)16(20)12(3)7-13/h6-7,10,17,20H,5,8-9H2,1-4H3. The van der Waals surface area contributed by atoms with Gasteiger partial charge in [0.1, 0.15) is 5.75 Å². The van der Waals surface area contributed by atoms with Crippen LogP contribution in [0.1, 0.15) is 34.9 Å². The van der Waals surface area contributed by atoms with Crippen molar-refractivity contribution in [3.05, 3.63) is 46.3 Å². The lowest BCUT2D eigenvalue weighted by Gasteiger charge is -2.09. The molecule has 1 aromatic carbocycles. The molecule has 4 heteroatoms. The van der Waals surface area contributed by atoms with Crippen LogP contribution in [-0.4, -0.2) is 14.9 Å². The molecule has 1 aromatic heterocycles. The third-order valence-electron chi connectivity index (χ3n) is 3.52. The molecular formula is C16H23N3O. The molecule has 2 N–H and O–H groups in total. The monoisotopic (exact) mass is 273 g/mol. The molecule has 0 aliphatic heterocycles. The Hall–Kier alpha value is -1.81. The van der Waals surface area contributed by atoms with Gasteiger partial charge in [0.15, 0.2) is 0 Å². The Bertz CT molecular complexity index is 579. The Labute approximate surface area is 120 Å². The fourth-order valence-corrected chi connectivity index (χ4v) is 2.52. The number of nitrogens with one attached hydrogen (secondary N) is 1. The number of aryl methyl sites for hydroxylation is 4. The van der Waals surface area contributed by atoms with Gasteiger partial charge in [0.05, 0.1) is 5.69 Å². The van der Waals surface area contributed by atoms with Crippen molar-refractivity contribution in [3.63, 3.8) is 0 Å². The van der Waals surface area contributed by atoms with E-state index < -0.39 is 0 Å². The minimum atomic E-state index is 0.397. The van der Waals surface area contributed by atoms with Gasteiger partial charge >= 0.3 is 0 Å². The van der Waals surface area contributed by atoms with Crippen LogP contribution in [0, 0.1) is 13.8 Å². The van der Waals surface area contributed by atoms with Crippen LogP contribution in [0.15, 0.2) is 18.3 Å². The van der Waals surface area contributed by atoms with Crippen LogP contribution in [0.3, 0.4) is 0 Å². The SMILES string of the molecule is CCc1nn(C)cc1CNCc1cc(C)c(O)c(C)c1. The summed E-state index contributed by atoms with van der Waals surface area (Å²) < 4.78 is 1.87. The summed E-state index contributed by atoms with van der Waals surface area (Å²) in [5, 5.41) is 17.7. The summed E-state index contributed by atoms with van der Waals surface area (Å²) in [6.45, 7) is 7.60. The van der Waals surface area contributed by atoms with Crippen LogP contribution in [-0.2, 0) is 26.6 Å². The van der Waals surface area contributed by atoms with Gasteiger partial charge in [-0.3, -0.25) is 4.68 Å². The number of phenols is 1. The molecule has 1 heterocycles. The Kier molecular flexibility index (Phi) is 4.45. The number of nitrogens with zero attached hydrogens (tertiary/aromatic N) is 2. The van der Waals surface area contributed by atoms with Gasteiger partial charge in [0.2, 0.25) is 0 Å². The van der Waals surface area contributed by atoms with E-state index in [9.17, 15) is 5.11 Å². The Morgan fingerprint density at radius 2 is 1.85 bits per heavy atom. The molecule has 2 rings (SSSR count). The van der Waals surface area contributed by atoms with Gasteiger partial charge in [0.25, 0.3) is 0 Å². The van der Waals surface area contributed by atoms with Gasteiger partial charge in [-0.1, -0.05) is 19.1 Å². The van der Waals surface area contributed by atoms with E-state index in [1.54, 1.807) is 0 Å². The number of aromatic hydroxyl groups is 1. The van der Waals surface area contributed by atoms with Crippen molar-refractivity contribution in [1.82, 2.24) is 15.1 Å². The smallest absolute Gasteiger partial charge is 0.121 e. The highest BCUT2D eigenvalue weighted by Crippen LogP contribution is 2.22. The quantitative estimate of drug-likeness (QED) is 0.880. The molecule has 0 fully saturated rings. The summed E-state index contributed by atoms with van der Waals surface area (Å²) in [6.07, 6.45) is 3.02. The first-order valence-electron chi connectivity index (χ1n) is 7.02. The number of rotatable bonds is 5. The number of hydrogen-bond acceptors (Lipinski definition) is 3. The predicted octanol–water partition coefficient (Wildman–Crippen LogP) is 2.59. The number of hydrogen-bond donors (Lipinski definition) is 2. The maximum atomic E-state index is 9.77. The minimum Gasteiger partial charge on any atom is -0.507 e. The summed E-state index contributed by atoms with van der Waals surface area (Å²) in [4.78, 5) is 0. The van der Waals surface area contributed by atoms with E-state index in [0.29, 0.717) is 5.75 Å². The first kappa shape index (κ1) is 14.6. The zero-order valence-electron chi connectivity index (χ0n) is 12.7. The highest BCUT2D eigenvalue weighted by atomic mass is 16.3. The summed E-state index contributed by atoms with van der Waals surface area (Å²) in [6, 6.07) is 4.05. The number of benzene rings is 1. The average molecular weight is 273 g/mol. The summed E-state index contributed by atoms with van der Waals surface area (Å²) in [7, 11) is 1.95. The zero-order valence-corrected chi connectivity index (χ0v) is 12.7. The van der Waals surface area contributed by atoms with Crippen molar-refractivity contribution in [2.75, 3.05) is 0 Å². The topological polar surface area (TPSA) is 50.1 Å². The molecule has 0 aliphatic carbocycles. The van der Waals surface area contributed by atoms with Crippen LogP contribution in [0.25, 0.3) is 0 Å². The van der Waals surface area contributed by atoms with Gasteiger partial charge in [0, 0.05) is 31.9 Å². The summed E-state index contributed by atoms with van der Waals surface area (Å²) in [5.41, 5.74) is 5.45. The van der Waals surface area contributed by atoms with Crippen molar-refractivity contribution >= 4 is 0 Å². The largest absolute Gasteiger partial charge is 0.507 e. The normalized spacial score (nSPS) is 11.0. The molecule has 0 spiro atoms. The van der Waals surface area contributed by atoms with Crippen molar-refractivity contribution < 1.29 is 5.11 Å². The number of phenolic OH excluding ortho intramolecular Hbond substituents is 1. The molecule has 0 bridgehead atoms. The molecule has 0 aliphatic rings. The molecule has 2 aromatic rings. The predicted molar refractivity (Wildman–Crippen MR) is 80.7 cm³/mol. The van der Waals surface area contributed by atoms with Crippen LogP contribution < -0.4 is 5.32 Å². The fourth-order valence-electron chi connectivity index (χ4n) is 2.52. The number of aromatic nitrogens is 2. The zero-order chi connectivity index (χ0) is 14.7. The van der Waals surface area contributed by atoms with Gasteiger partial charge in [-0.25, -0.2) is 0 Å². The third-order valence-corrected chi connectivity index (χ3v) is 3.52. The van der Waals surface area contributed by atoms with Crippen molar-refractivity contribution in [2.24, 2.45) is 7.05 Å². The maximum absolute atomic E-state index is 9.77. The van der Waals surface area contributed by atoms with E-state index in [2.05, 4.69) is 23.5 Å². The maximum Gasteiger partial charge on any atom is 0.121 e. The molecule has 0 saturated heterocycles. The first-order valence-corrected chi connectivity index (χ1v) is 7.02. The van der Waals surface area contributed by atoms with Crippen molar-refractivity contribution in [1.29, 1.82) is 0 Å². The van der Waals surface area contributed by atoms with E-state index in [0.717, 1.165) is 36.3 Å². The van der Waals surface area contributed by atoms with Crippen LogP contribution in [0.4, 0.5) is 0 Å². The highest BCUT2D eigenvalue weighted by molar-refractivity contribution is 5.42. The van der Waals surface area contributed by atoms with Gasteiger partial charge in [-0.2, -0.15) is 5.10 Å². The second kappa shape index (κ2) is 6.09. The molecule has 20 heavy (non-hydrogen) atoms. The highest BCUT2D eigenvalue weighted by Gasteiger charge is 2.06. The third kappa shape index (κ3) is 3.20. The van der Waals surface area contributed by atoms with Gasteiger partial charge in [-0.15, -0.1) is 0 Å². The molecule has 0 amide bonds. The first-order chi connectivity index (χ1) is 9.51. The van der Waals surface area contributed by atoms with Crippen molar-refractivity contribution in [3.8, 4) is 5.75 Å². The average Bonchev–Trinajstić information content (AvgIpc) is 2.76. The Balaban J connectivity index is 1.99. The van der Waals surface area contributed by atoms with E-state index in [1.165, 1.54) is 11.1 Å². The van der Waals surface area contributed by atoms with E-state index >= 15 is 0 Å². The second-order valence-electron chi connectivity index (χ2n) is 5.31. The summed E-state index contributed by atoms with van der Waals surface area (Å²) in [5.74, 6) is 0.397. The lowest BCUT2D eigenvalue weighted by molar-refractivity contribution is 0.466. The molecule has 0 radical (unpaired) electrons. The molecule has 0 unspecified atom stereocenters. The second-order valence-corrected chi connectivity index (χ2v) is 5.31. The van der Waals surface area contributed by atoms with Gasteiger partial charge in [-0.05, 0) is 37.0 Å². The van der Waals surface area contributed by atoms with E-state index in [1.807, 2.05) is 37.7 Å². The van der Waals surface area contributed by atoms with Gasteiger partial charge < -0.3 is 10.4 Å². The van der Waals surface area contributed by atoms with Crippen LogP contribution in [0.2, 0.25) is 0 Å². The van der Waals surface area contributed by atoms with Crippen LogP contribution >= 0.6 is 0 Å². The van der Waals surface area contributed by atoms with Crippen LogP contribution in [0.5, 0.6) is 5.75 Å². The molecule has 108 valence electrons.